The molecule has 0 saturated heterocycles. The molecule has 7 nitrogen and oxygen atoms in total. The quantitative estimate of drug-likeness (QED) is 0.445. The van der Waals surface area contributed by atoms with E-state index >= 15 is 0 Å². The number of nitrogens with zero attached hydrogens (tertiary/aromatic N) is 6. The largest absolute Gasteiger partial charge is 0.369 e. The van der Waals surface area contributed by atoms with Gasteiger partial charge in [-0.05, 0) is 57.1 Å². The molecule has 0 aliphatic heterocycles. The number of anilines is 1. The van der Waals surface area contributed by atoms with Crippen LogP contribution < -0.4 is 5.32 Å². The molecule has 5 rings (SSSR count). The number of aryl methyl sites for hydroxylation is 2. The van der Waals surface area contributed by atoms with Crippen molar-refractivity contribution in [2.45, 2.75) is 46.6 Å². The fourth-order valence-electron chi connectivity index (χ4n) is 4.42. The van der Waals surface area contributed by atoms with Crippen LogP contribution in [0.5, 0.6) is 0 Å². The van der Waals surface area contributed by atoms with Crippen molar-refractivity contribution < 1.29 is 0 Å². The van der Waals surface area contributed by atoms with E-state index in [0.29, 0.717) is 11.9 Å². The molecule has 162 valence electrons. The highest BCUT2D eigenvalue weighted by molar-refractivity contribution is 7.22. The third-order valence-corrected chi connectivity index (χ3v) is 7.42. The van der Waals surface area contributed by atoms with Gasteiger partial charge in [-0.3, -0.25) is 4.68 Å². The monoisotopic (exact) mass is 435 g/mol. The fraction of sp³-hybridized carbons (Fsp3) is 0.478. The Morgan fingerprint density at radius 3 is 2.68 bits per heavy atom. The van der Waals surface area contributed by atoms with Crippen LogP contribution in [-0.2, 0) is 7.05 Å². The summed E-state index contributed by atoms with van der Waals surface area (Å²) in [4.78, 5) is 16.4. The summed E-state index contributed by atoms with van der Waals surface area (Å²) in [7, 11) is 1.97. The summed E-state index contributed by atoms with van der Waals surface area (Å²) < 4.78 is 3.96. The second kappa shape index (κ2) is 7.75. The molecule has 8 heteroatoms. The van der Waals surface area contributed by atoms with Crippen molar-refractivity contribution in [3.05, 3.63) is 30.2 Å². The van der Waals surface area contributed by atoms with Gasteiger partial charge in [0.1, 0.15) is 16.3 Å². The van der Waals surface area contributed by atoms with Crippen molar-refractivity contribution in [2.24, 2.45) is 18.9 Å². The van der Waals surface area contributed by atoms with Crippen molar-refractivity contribution in [3.63, 3.8) is 0 Å². The summed E-state index contributed by atoms with van der Waals surface area (Å²) in [6, 6.07) is 2.42. The number of thiophene rings is 1. The Bertz CT molecular complexity index is 1230. The van der Waals surface area contributed by atoms with Gasteiger partial charge in [-0.15, -0.1) is 11.3 Å². The molecule has 4 aromatic heterocycles. The van der Waals surface area contributed by atoms with Gasteiger partial charge in [0.2, 0.25) is 0 Å². The van der Waals surface area contributed by atoms with Gasteiger partial charge in [-0.1, -0.05) is 6.92 Å². The Kier molecular flexibility index (Phi) is 5.04. The van der Waals surface area contributed by atoms with E-state index in [1.54, 1.807) is 17.5 Å². The molecule has 4 aromatic rings. The third-order valence-electron chi connectivity index (χ3n) is 6.21. The Morgan fingerprint density at radius 2 is 2.03 bits per heavy atom. The zero-order valence-electron chi connectivity index (χ0n) is 18.8. The number of rotatable bonds is 6. The molecule has 1 N–H and O–H groups in total. The molecule has 1 aliphatic rings. The summed E-state index contributed by atoms with van der Waals surface area (Å²) >= 11 is 1.68. The van der Waals surface area contributed by atoms with Crippen molar-refractivity contribution in [2.75, 3.05) is 11.9 Å². The maximum Gasteiger partial charge on any atom is 0.199 e. The molecule has 1 saturated carbocycles. The normalized spacial score (nSPS) is 18.6. The first-order valence-electron chi connectivity index (χ1n) is 11.0. The highest BCUT2D eigenvalue weighted by Gasteiger charge is 2.26. The van der Waals surface area contributed by atoms with Crippen LogP contribution in [0.4, 0.5) is 5.82 Å². The summed E-state index contributed by atoms with van der Waals surface area (Å²) in [6.45, 7) is 9.71. The molecule has 0 spiro atoms. The highest BCUT2D eigenvalue weighted by Crippen LogP contribution is 2.41. The zero-order valence-corrected chi connectivity index (χ0v) is 19.6. The molecule has 0 aromatic carbocycles. The first kappa shape index (κ1) is 20.2. The smallest absolute Gasteiger partial charge is 0.199 e. The number of imidazole rings is 1. The van der Waals surface area contributed by atoms with Crippen LogP contribution in [0.15, 0.2) is 24.7 Å². The van der Waals surface area contributed by atoms with Gasteiger partial charge >= 0.3 is 0 Å². The molecule has 31 heavy (non-hydrogen) atoms. The molecule has 1 aliphatic carbocycles. The van der Waals surface area contributed by atoms with E-state index in [2.05, 4.69) is 44.1 Å². The van der Waals surface area contributed by atoms with Crippen LogP contribution in [0.1, 0.15) is 45.2 Å². The molecular formula is C23H29N7S. The number of aromatic nitrogens is 6. The fourth-order valence-corrected chi connectivity index (χ4v) is 5.56. The third kappa shape index (κ3) is 3.63. The van der Waals surface area contributed by atoms with E-state index in [1.165, 1.54) is 18.4 Å². The van der Waals surface area contributed by atoms with Crippen LogP contribution >= 0.6 is 11.3 Å². The lowest BCUT2D eigenvalue weighted by Gasteiger charge is -2.32. The summed E-state index contributed by atoms with van der Waals surface area (Å²) in [5.74, 6) is 3.90. The van der Waals surface area contributed by atoms with Crippen LogP contribution in [0.25, 0.3) is 32.4 Å². The Balaban J connectivity index is 1.60. The minimum atomic E-state index is 0.334. The van der Waals surface area contributed by atoms with Gasteiger partial charge in [0, 0.05) is 38.2 Å². The van der Waals surface area contributed by atoms with Crippen LogP contribution in [0, 0.1) is 18.8 Å². The topological polar surface area (TPSA) is 73.5 Å². The van der Waals surface area contributed by atoms with Crippen LogP contribution in [0.2, 0.25) is 0 Å². The summed E-state index contributed by atoms with van der Waals surface area (Å²) in [5, 5.41) is 9.55. The van der Waals surface area contributed by atoms with E-state index in [4.69, 9.17) is 15.1 Å². The van der Waals surface area contributed by atoms with E-state index in [0.717, 1.165) is 50.8 Å². The van der Waals surface area contributed by atoms with E-state index < -0.39 is 0 Å². The second-order valence-electron chi connectivity index (χ2n) is 9.09. The maximum atomic E-state index is 4.93. The summed E-state index contributed by atoms with van der Waals surface area (Å²) in [5.41, 5.74) is 2.18. The number of hydrogen-bond donors (Lipinski definition) is 1. The molecule has 0 radical (unpaired) electrons. The molecule has 0 amide bonds. The van der Waals surface area contributed by atoms with E-state index in [1.807, 2.05) is 28.7 Å². The Labute approximate surface area is 186 Å². The van der Waals surface area contributed by atoms with Gasteiger partial charge in [0.15, 0.2) is 11.6 Å². The predicted molar refractivity (Wildman–Crippen MR) is 126 cm³/mol. The number of hydrogen-bond acceptors (Lipinski definition) is 6. The van der Waals surface area contributed by atoms with Gasteiger partial charge in [-0.25, -0.2) is 15.0 Å². The molecule has 1 fully saturated rings. The van der Waals surface area contributed by atoms with Crippen molar-refractivity contribution in [3.8, 4) is 22.2 Å². The first-order valence-corrected chi connectivity index (χ1v) is 11.8. The average molecular weight is 436 g/mol. The standard InChI is InChI=1S/C23H29N7S/c1-13(2)30-8-6-17(28-30)19-15(4)18-20(25-12-16-10-14(3)11-16)26-21(27-23(18)31-19)22-24-7-9-29(22)5/h6-9,13-14,16H,10-12H2,1-5H3,(H,25,26,27). The van der Waals surface area contributed by atoms with Gasteiger partial charge < -0.3 is 9.88 Å². The van der Waals surface area contributed by atoms with Gasteiger partial charge in [-0.2, -0.15) is 5.10 Å². The zero-order chi connectivity index (χ0) is 21.7. The van der Waals surface area contributed by atoms with Crippen molar-refractivity contribution in [1.82, 2.24) is 29.3 Å². The predicted octanol–water partition coefficient (Wildman–Crippen LogP) is 5.30. The van der Waals surface area contributed by atoms with Crippen molar-refractivity contribution >= 4 is 27.4 Å². The lowest BCUT2D eigenvalue weighted by molar-refractivity contribution is 0.225. The van der Waals surface area contributed by atoms with E-state index in [9.17, 15) is 0 Å². The lowest BCUT2D eigenvalue weighted by atomic mass is 9.76. The molecule has 0 atom stereocenters. The highest BCUT2D eigenvalue weighted by atomic mass is 32.1. The van der Waals surface area contributed by atoms with Gasteiger partial charge in [0.25, 0.3) is 0 Å². The molecular weight excluding hydrogens is 406 g/mol. The molecule has 0 bridgehead atoms. The number of nitrogens with one attached hydrogen (secondary N) is 1. The average Bonchev–Trinajstić information content (AvgIpc) is 3.43. The summed E-state index contributed by atoms with van der Waals surface area (Å²) in [6.07, 6.45) is 8.33. The maximum absolute atomic E-state index is 4.93. The number of fused-ring (bicyclic) bond motifs is 1. The Hall–Kier alpha value is -2.74. The lowest BCUT2D eigenvalue weighted by Crippen LogP contribution is -2.28. The van der Waals surface area contributed by atoms with Crippen LogP contribution in [0.3, 0.4) is 0 Å². The van der Waals surface area contributed by atoms with Crippen LogP contribution in [-0.4, -0.2) is 35.8 Å². The minimum absolute atomic E-state index is 0.334. The minimum Gasteiger partial charge on any atom is -0.369 e. The second-order valence-corrected chi connectivity index (χ2v) is 10.1. The molecule has 0 unspecified atom stereocenters. The van der Waals surface area contributed by atoms with Crippen molar-refractivity contribution in [1.29, 1.82) is 0 Å². The van der Waals surface area contributed by atoms with Gasteiger partial charge in [0.05, 0.1) is 10.3 Å². The molecule has 4 heterocycles. The Morgan fingerprint density at radius 1 is 1.23 bits per heavy atom. The SMILES string of the molecule is Cc1c(-c2ccn(C(C)C)n2)sc2nc(-c3nccn3C)nc(NCC3CC(C)C3)c12. The first-order chi connectivity index (χ1) is 14.9. The van der Waals surface area contributed by atoms with E-state index in [-0.39, 0.29) is 0 Å².